The average molecular weight is 711 g/mol. The number of oxazole rings is 1. The Balaban J connectivity index is 1.21. The van der Waals surface area contributed by atoms with Crippen LogP contribution in [-0.2, 0) is 0 Å². The predicted octanol–water partition coefficient (Wildman–Crippen LogP) is 11.9. The van der Waals surface area contributed by atoms with Gasteiger partial charge in [0.2, 0.25) is 5.95 Å². The lowest BCUT2D eigenvalue weighted by molar-refractivity contribution is 0.574. The van der Waals surface area contributed by atoms with Crippen molar-refractivity contribution in [1.82, 2.24) is 29.1 Å². The molecule has 0 radical (unpaired) electrons. The summed E-state index contributed by atoms with van der Waals surface area (Å²) in [7, 11) is 0. The number of hydrogen-bond donors (Lipinski definition) is 0. The van der Waals surface area contributed by atoms with Crippen LogP contribution in [0.4, 0.5) is 0 Å². The van der Waals surface area contributed by atoms with Gasteiger partial charge in [-0.3, -0.25) is 9.13 Å². The van der Waals surface area contributed by atoms with Crippen LogP contribution in [0.25, 0.3) is 110 Å². The minimum absolute atomic E-state index is 0.504. The molecule has 0 aliphatic heterocycles. The summed E-state index contributed by atoms with van der Waals surface area (Å²) in [5.74, 6) is 1.74. The van der Waals surface area contributed by atoms with Crippen molar-refractivity contribution in [1.29, 1.82) is 0 Å². The van der Waals surface area contributed by atoms with Gasteiger partial charge in [0.25, 0.3) is 0 Å². The minimum atomic E-state index is 0.504. The van der Waals surface area contributed by atoms with E-state index in [0.717, 1.165) is 65.8 Å². The number of fused-ring (bicyclic) bond motifs is 11. The number of para-hydroxylation sites is 4. The Labute approximate surface area is 311 Å². The van der Waals surface area contributed by atoms with Crippen molar-refractivity contribution in [2.45, 2.75) is 0 Å². The first-order valence-corrected chi connectivity index (χ1v) is 18.6. The van der Waals surface area contributed by atoms with Gasteiger partial charge in [-0.2, -0.15) is 15.0 Å². The molecule has 0 spiro atoms. The van der Waals surface area contributed by atoms with Gasteiger partial charge in [-0.1, -0.05) is 121 Å². The normalized spacial score (nSPS) is 12.1. The molecule has 12 rings (SSSR count). The Kier molecular flexibility index (Phi) is 6.09. The van der Waals surface area contributed by atoms with E-state index in [0.29, 0.717) is 23.6 Å². The highest BCUT2D eigenvalue weighted by molar-refractivity contribution is 7.25. The molecule has 7 nitrogen and oxygen atoms in total. The van der Waals surface area contributed by atoms with Crippen LogP contribution in [0.1, 0.15) is 0 Å². The molecule has 0 saturated carbocycles. The van der Waals surface area contributed by atoms with E-state index in [1.165, 1.54) is 20.2 Å². The van der Waals surface area contributed by atoms with E-state index in [2.05, 4.69) is 112 Å². The third kappa shape index (κ3) is 4.22. The summed E-state index contributed by atoms with van der Waals surface area (Å²) in [6.07, 6.45) is 0. The first-order valence-electron chi connectivity index (χ1n) is 17.8. The zero-order valence-corrected chi connectivity index (χ0v) is 29.3. The van der Waals surface area contributed by atoms with Gasteiger partial charge in [0.05, 0.1) is 22.1 Å². The molecule has 12 aromatic rings. The fraction of sp³-hybridized carbons (Fsp3) is 0. The van der Waals surface area contributed by atoms with Crippen LogP contribution in [0.3, 0.4) is 0 Å². The third-order valence-corrected chi connectivity index (χ3v) is 11.6. The average Bonchev–Trinajstić information content (AvgIpc) is 3.99. The van der Waals surface area contributed by atoms with E-state index >= 15 is 0 Å². The van der Waals surface area contributed by atoms with Crippen molar-refractivity contribution in [3.05, 3.63) is 158 Å². The monoisotopic (exact) mass is 710 g/mol. The summed E-state index contributed by atoms with van der Waals surface area (Å²) in [5.41, 5.74) is 7.30. The van der Waals surface area contributed by atoms with Gasteiger partial charge in [0, 0.05) is 52.8 Å². The summed E-state index contributed by atoms with van der Waals surface area (Å²) >= 11 is 1.79. The van der Waals surface area contributed by atoms with Crippen molar-refractivity contribution in [3.63, 3.8) is 0 Å². The smallest absolute Gasteiger partial charge is 0.307 e. The van der Waals surface area contributed by atoms with Crippen LogP contribution >= 0.6 is 11.3 Å². The second-order valence-electron chi connectivity index (χ2n) is 13.5. The van der Waals surface area contributed by atoms with Crippen molar-refractivity contribution < 1.29 is 4.42 Å². The Morgan fingerprint density at radius 3 is 1.80 bits per heavy atom. The van der Waals surface area contributed by atoms with Gasteiger partial charge < -0.3 is 4.42 Å². The summed E-state index contributed by atoms with van der Waals surface area (Å²) in [6.45, 7) is 0. The first-order chi connectivity index (χ1) is 26.8. The van der Waals surface area contributed by atoms with Crippen LogP contribution in [0.5, 0.6) is 0 Å². The molecule has 5 heterocycles. The number of hydrogen-bond acceptors (Lipinski definition) is 6. The molecule has 8 heteroatoms. The fourth-order valence-corrected chi connectivity index (χ4v) is 9.18. The van der Waals surface area contributed by atoms with E-state index in [1.54, 1.807) is 11.3 Å². The molecule has 0 amide bonds. The number of aromatic nitrogens is 6. The number of nitrogens with zero attached hydrogens (tertiary/aromatic N) is 6. The third-order valence-electron chi connectivity index (χ3n) is 10.4. The maximum Gasteiger partial charge on any atom is 0.307 e. The number of thiophene rings is 1. The fourth-order valence-electron chi connectivity index (χ4n) is 8.04. The largest absolute Gasteiger partial charge is 0.423 e. The van der Waals surface area contributed by atoms with Crippen molar-refractivity contribution in [2.75, 3.05) is 0 Å². The molecule has 0 saturated heterocycles. The van der Waals surface area contributed by atoms with Crippen molar-refractivity contribution in [3.8, 4) is 34.7 Å². The van der Waals surface area contributed by atoms with Gasteiger partial charge in [-0.15, -0.1) is 11.3 Å². The Morgan fingerprint density at radius 2 is 1.02 bits per heavy atom. The van der Waals surface area contributed by atoms with Crippen LogP contribution in [0.15, 0.2) is 162 Å². The van der Waals surface area contributed by atoms with Gasteiger partial charge in [0.1, 0.15) is 5.52 Å². The van der Waals surface area contributed by atoms with Gasteiger partial charge in [-0.05, 0) is 36.4 Å². The van der Waals surface area contributed by atoms with E-state index in [4.69, 9.17) is 24.4 Å². The minimum Gasteiger partial charge on any atom is -0.423 e. The SMILES string of the molecule is c1ccc(-c2nc(-c3ccc4c(c3)sc3ccccc34)nc(-n3c4ccccc4c4ccc5c6ccccc6n(-c6nc7ccccc7o6)c5c43)n2)cc1. The van der Waals surface area contributed by atoms with Crippen LogP contribution in [-0.4, -0.2) is 29.1 Å². The molecule has 0 atom stereocenters. The summed E-state index contributed by atoms with van der Waals surface area (Å²) in [6, 6.07) is 55.0. The first kappa shape index (κ1) is 29.4. The van der Waals surface area contributed by atoms with E-state index in [1.807, 2.05) is 54.6 Å². The molecule has 54 heavy (non-hydrogen) atoms. The highest BCUT2D eigenvalue weighted by atomic mass is 32.1. The highest BCUT2D eigenvalue weighted by Crippen LogP contribution is 2.42. The van der Waals surface area contributed by atoms with Crippen molar-refractivity contribution in [2.24, 2.45) is 0 Å². The number of benzene rings is 7. The van der Waals surface area contributed by atoms with Crippen LogP contribution in [0.2, 0.25) is 0 Å². The van der Waals surface area contributed by atoms with E-state index in [-0.39, 0.29) is 0 Å². The lowest BCUT2D eigenvalue weighted by atomic mass is 10.1. The topological polar surface area (TPSA) is 74.6 Å². The standard InChI is InChI=1S/C46H26N6OS/c1-2-12-27(13-3-1)43-48-44(28-22-23-32-31-16-6-11-21-39(31)54-40(32)26-28)50-45(49-43)51-36-18-8-4-14-29(36)33-24-25-34-30-15-5-9-19-37(30)52(42(34)41(33)51)46-47-35-17-7-10-20-38(35)53-46/h1-26H. The van der Waals surface area contributed by atoms with E-state index < -0.39 is 0 Å². The lowest BCUT2D eigenvalue weighted by Crippen LogP contribution is -2.07. The second-order valence-corrected chi connectivity index (χ2v) is 14.6. The Bertz CT molecular complexity index is 3430. The Morgan fingerprint density at radius 1 is 0.426 bits per heavy atom. The van der Waals surface area contributed by atoms with Gasteiger partial charge in [-0.25, -0.2) is 4.98 Å². The molecular formula is C46H26N6OS. The molecule has 0 N–H and O–H groups in total. The van der Waals surface area contributed by atoms with Gasteiger partial charge in [0.15, 0.2) is 17.2 Å². The second kappa shape index (κ2) is 11.2. The van der Waals surface area contributed by atoms with Gasteiger partial charge >= 0.3 is 6.01 Å². The van der Waals surface area contributed by atoms with Crippen molar-refractivity contribution >= 4 is 86.2 Å². The Hall–Kier alpha value is -7.16. The quantitative estimate of drug-likeness (QED) is 0.182. The molecule has 0 aliphatic rings. The molecule has 0 aliphatic carbocycles. The molecule has 7 aromatic carbocycles. The van der Waals surface area contributed by atoms with E-state index in [9.17, 15) is 0 Å². The maximum absolute atomic E-state index is 6.51. The molecule has 252 valence electrons. The zero-order chi connectivity index (χ0) is 35.3. The summed E-state index contributed by atoms with van der Waals surface area (Å²) < 4.78 is 13.3. The number of rotatable bonds is 4. The summed E-state index contributed by atoms with van der Waals surface area (Å²) in [4.78, 5) is 20.7. The zero-order valence-electron chi connectivity index (χ0n) is 28.5. The highest BCUT2D eigenvalue weighted by Gasteiger charge is 2.25. The molecule has 0 unspecified atom stereocenters. The predicted molar refractivity (Wildman–Crippen MR) is 220 cm³/mol. The maximum atomic E-state index is 6.51. The molecular weight excluding hydrogens is 685 g/mol. The molecule has 0 fully saturated rings. The van der Waals surface area contributed by atoms with Crippen LogP contribution < -0.4 is 0 Å². The van der Waals surface area contributed by atoms with Crippen LogP contribution in [0, 0.1) is 0 Å². The lowest BCUT2D eigenvalue weighted by Gasteiger charge is -2.12. The molecule has 0 bridgehead atoms. The molecule has 5 aromatic heterocycles. The summed E-state index contributed by atoms with van der Waals surface area (Å²) in [5, 5.41) is 6.85.